The van der Waals surface area contributed by atoms with Crippen molar-refractivity contribution in [2.45, 2.75) is 22.3 Å². The van der Waals surface area contributed by atoms with Crippen molar-refractivity contribution in [2.24, 2.45) is 0 Å². The highest BCUT2D eigenvalue weighted by molar-refractivity contribution is 8.00. The molecule has 2 aliphatic rings. The first-order valence-electron chi connectivity index (χ1n) is 10.3. The summed E-state index contributed by atoms with van der Waals surface area (Å²) in [6.45, 7) is 3.27. The van der Waals surface area contributed by atoms with Crippen LogP contribution in [0.5, 0.6) is 11.5 Å². The Labute approximate surface area is 194 Å². The van der Waals surface area contributed by atoms with Crippen LogP contribution in [0, 0.1) is 0 Å². The number of rotatable bonds is 6. The molecule has 0 bridgehead atoms. The van der Waals surface area contributed by atoms with Gasteiger partial charge in [-0.25, -0.2) is 13.4 Å². The molecule has 2 aromatic carbocycles. The summed E-state index contributed by atoms with van der Waals surface area (Å²) in [5, 5.41) is 2.59. The van der Waals surface area contributed by atoms with Crippen molar-refractivity contribution in [3.8, 4) is 11.5 Å². The SMILES string of the molecule is CC(Sc1nc2cc(S(=O)(=O)N3CCOCC3)ccc2o1)C(=O)Nc1ccc2c(c1)OCO2. The number of nitrogens with one attached hydrogen (secondary N) is 1. The van der Waals surface area contributed by atoms with Crippen LogP contribution in [0.3, 0.4) is 0 Å². The maximum Gasteiger partial charge on any atom is 0.257 e. The van der Waals surface area contributed by atoms with E-state index in [0.29, 0.717) is 54.6 Å². The van der Waals surface area contributed by atoms with Gasteiger partial charge in [0.05, 0.1) is 23.4 Å². The molecule has 33 heavy (non-hydrogen) atoms. The highest BCUT2D eigenvalue weighted by Crippen LogP contribution is 2.35. The highest BCUT2D eigenvalue weighted by atomic mass is 32.2. The molecule has 3 aromatic rings. The molecule has 0 saturated carbocycles. The largest absolute Gasteiger partial charge is 0.454 e. The van der Waals surface area contributed by atoms with Crippen LogP contribution in [0.25, 0.3) is 11.1 Å². The predicted octanol–water partition coefficient (Wildman–Crippen LogP) is 2.70. The molecule has 174 valence electrons. The number of benzene rings is 2. The number of amides is 1. The van der Waals surface area contributed by atoms with E-state index in [4.69, 9.17) is 18.6 Å². The van der Waals surface area contributed by atoms with E-state index in [-0.39, 0.29) is 22.8 Å². The van der Waals surface area contributed by atoms with Gasteiger partial charge in [0.2, 0.25) is 22.7 Å². The van der Waals surface area contributed by atoms with Crippen LogP contribution < -0.4 is 14.8 Å². The molecule has 1 N–H and O–H groups in total. The fourth-order valence-electron chi connectivity index (χ4n) is 3.46. The molecule has 1 saturated heterocycles. The van der Waals surface area contributed by atoms with Crippen LogP contribution in [0.15, 0.2) is 50.9 Å². The molecule has 2 aliphatic heterocycles. The van der Waals surface area contributed by atoms with Gasteiger partial charge in [-0.2, -0.15) is 4.31 Å². The van der Waals surface area contributed by atoms with Gasteiger partial charge in [0, 0.05) is 24.8 Å². The van der Waals surface area contributed by atoms with E-state index in [2.05, 4.69) is 10.3 Å². The molecule has 1 fully saturated rings. The third-order valence-corrected chi connectivity index (χ3v) is 8.07. The van der Waals surface area contributed by atoms with Crippen molar-refractivity contribution in [3.63, 3.8) is 0 Å². The van der Waals surface area contributed by atoms with Crippen molar-refractivity contribution in [2.75, 3.05) is 38.4 Å². The molecule has 1 unspecified atom stereocenters. The van der Waals surface area contributed by atoms with E-state index in [1.165, 1.54) is 16.4 Å². The molecule has 0 aliphatic carbocycles. The second kappa shape index (κ2) is 8.86. The molecular formula is C21H21N3O7S2. The van der Waals surface area contributed by atoms with Gasteiger partial charge in [-0.15, -0.1) is 0 Å². The summed E-state index contributed by atoms with van der Waals surface area (Å²) in [7, 11) is -3.64. The third kappa shape index (κ3) is 4.51. The summed E-state index contributed by atoms with van der Waals surface area (Å²) in [5.41, 5.74) is 1.45. The monoisotopic (exact) mass is 491 g/mol. The average Bonchev–Trinajstić information content (AvgIpc) is 3.44. The zero-order valence-electron chi connectivity index (χ0n) is 17.6. The van der Waals surface area contributed by atoms with E-state index in [1.54, 1.807) is 31.2 Å². The lowest BCUT2D eigenvalue weighted by Gasteiger charge is -2.25. The van der Waals surface area contributed by atoms with E-state index >= 15 is 0 Å². The number of sulfonamides is 1. The molecule has 5 rings (SSSR count). The number of fused-ring (bicyclic) bond motifs is 2. The number of carbonyl (C=O) groups excluding carboxylic acids is 1. The second-order valence-corrected chi connectivity index (χ2v) is 10.7. The van der Waals surface area contributed by atoms with Crippen LogP contribution in [-0.4, -0.2) is 62.0 Å². The third-order valence-electron chi connectivity index (χ3n) is 5.23. The highest BCUT2D eigenvalue weighted by Gasteiger charge is 2.27. The number of ether oxygens (including phenoxy) is 3. The Bertz CT molecular complexity index is 1300. The Morgan fingerprint density at radius 3 is 2.73 bits per heavy atom. The van der Waals surface area contributed by atoms with E-state index < -0.39 is 15.3 Å². The zero-order chi connectivity index (χ0) is 23.0. The molecular weight excluding hydrogens is 470 g/mol. The number of oxazole rings is 1. The van der Waals surface area contributed by atoms with Gasteiger partial charge in [0.25, 0.3) is 5.22 Å². The van der Waals surface area contributed by atoms with E-state index in [0.717, 1.165) is 11.8 Å². The summed E-state index contributed by atoms with van der Waals surface area (Å²) < 4.78 is 48.7. The number of anilines is 1. The topological polar surface area (TPSA) is 120 Å². The Kier molecular flexibility index (Phi) is 5.91. The fraction of sp³-hybridized carbons (Fsp3) is 0.333. The maximum absolute atomic E-state index is 12.9. The zero-order valence-corrected chi connectivity index (χ0v) is 19.3. The Balaban J connectivity index is 1.28. The first-order valence-corrected chi connectivity index (χ1v) is 12.6. The van der Waals surface area contributed by atoms with Crippen LogP contribution in [0.1, 0.15) is 6.92 Å². The standard InChI is InChI=1S/C21H21N3O7S2/c1-13(20(25)22-14-2-4-18-19(10-14)30-12-29-18)32-21-23-16-11-15(3-5-17(16)31-21)33(26,27)24-6-8-28-9-7-24/h2-5,10-11,13H,6-9,12H2,1H3,(H,22,25). The Morgan fingerprint density at radius 2 is 1.91 bits per heavy atom. The van der Waals surface area contributed by atoms with Gasteiger partial charge in [0.1, 0.15) is 5.52 Å². The first kappa shape index (κ1) is 22.0. The van der Waals surface area contributed by atoms with Gasteiger partial charge >= 0.3 is 0 Å². The normalized spacial score (nSPS) is 17.2. The van der Waals surface area contributed by atoms with Crippen LogP contribution in [-0.2, 0) is 19.6 Å². The van der Waals surface area contributed by atoms with Crippen molar-refractivity contribution < 1.29 is 31.8 Å². The number of aromatic nitrogens is 1. The van der Waals surface area contributed by atoms with Crippen LogP contribution in [0.4, 0.5) is 5.69 Å². The van der Waals surface area contributed by atoms with Crippen molar-refractivity contribution in [1.29, 1.82) is 0 Å². The van der Waals surface area contributed by atoms with Gasteiger partial charge in [0.15, 0.2) is 17.1 Å². The fourth-order valence-corrected chi connectivity index (χ4v) is 5.64. The Hall–Kier alpha value is -2.80. The number of hydrogen-bond donors (Lipinski definition) is 1. The number of hydrogen-bond acceptors (Lipinski definition) is 9. The predicted molar refractivity (Wildman–Crippen MR) is 120 cm³/mol. The minimum Gasteiger partial charge on any atom is -0.454 e. The lowest BCUT2D eigenvalue weighted by Crippen LogP contribution is -2.40. The summed E-state index contributed by atoms with van der Waals surface area (Å²) in [4.78, 5) is 17.2. The quantitative estimate of drug-likeness (QED) is 0.519. The van der Waals surface area contributed by atoms with Crippen molar-refractivity contribution in [1.82, 2.24) is 9.29 Å². The van der Waals surface area contributed by atoms with Gasteiger partial charge in [-0.05, 0) is 37.3 Å². The molecule has 0 radical (unpaired) electrons. The molecule has 0 spiro atoms. The van der Waals surface area contributed by atoms with Gasteiger partial charge in [-0.1, -0.05) is 11.8 Å². The van der Waals surface area contributed by atoms with E-state index in [1.807, 2.05) is 0 Å². The average molecular weight is 492 g/mol. The number of morpholine rings is 1. The molecule has 1 atom stereocenters. The number of thioether (sulfide) groups is 1. The summed E-state index contributed by atoms with van der Waals surface area (Å²) in [6, 6.07) is 9.75. The summed E-state index contributed by atoms with van der Waals surface area (Å²) >= 11 is 1.14. The van der Waals surface area contributed by atoms with E-state index in [9.17, 15) is 13.2 Å². The number of carbonyl (C=O) groups is 1. The molecule has 10 nitrogen and oxygen atoms in total. The minimum atomic E-state index is -3.64. The van der Waals surface area contributed by atoms with Gasteiger partial charge in [-0.3, -0.25) is 4.79 Å². The van der Waals surface area contributed by atoms with Gasteiger partial charge < -0.3 is 23.9 Å². The summed E-state index contributed by atoms with van der Waals surface area (Å²) in [6.07, 6.45) is 0. The van der Waals surface area contributed by atoms with Crippen molar-refractivity contribution >= 4 is 44.5 Å². The molecule has 1 amide bonds. The lowest BCUT2D eigenvalue weighted by molar-refractivity contribution is -0.115. The second-order valence-electron chi connectivity index (χ2n) is 7.44. The van der Waals surface area contributed by atoms with Crippen molar-refractivity contribution in [3.05, 3.63) is 36.4 Å². The molecule has 3 heterocycles. The molecule has 1 aromatic heterocycles. The smallest absolute Gasteiger partial charge is 0.257 e. The minimum absolute atomic E-state index is 0.148. The Morgan fingerprint density at radius 1 is 1.12 bits per heavy atom. The number of nitrogens with zero attached hydrogens (tertiary/aromatic N) is 2. The maximum atomic E-state index is 12.9. The lowest BCUT2D eigenvalue weighted by atomic mass is 10.2. The molecule has 12 heteroatoms. The van der Waals surface area contributed by atoms with Crippen LogP contribution in [0.2, 0.25) is 0 Å². The first-order chi connectivity index (χ1) is 15.9. The summed E-state index contributed by atoms with van der Waals surface area (Å²) in [5.74, 6) is 0.975. The van der Waals surface area contributed by atoms with Crippen LogP contribution >= 0.6 is 11.8 Å².